The Bertz CT molecular complexity index is 1580. The van der Waals surface area contributed by atoms with Gasteiger partial charge < -0.3 is 0 Å². The molecule has 0 aliphatic rings. The summed E-state index contributed by atoms with van der Waals surface area (Å²) in [5, 5.41) is 0.635. The van der Waals surface area contributed by atoms with E-state index >= 15 is 0 Å². The minimum absolute atomic E-state index is 0.577. The van der Waals surface area contributed by atoms with Gasteiger partial charge in [-0.25, -0.2) is 15.0 Å². The molecule has 0 aliphatic carbocycles. The van der Waals surface area contributed by atoms with E-state index in [1.54, 1.807) is 0 Å². The summed E-state index contributed by atoms with van der Waals surface area (Å²) >= 11 is 6.35. The maximum atomic E-state index is 6.35. The minimum Gasteiger partial charge on any atom is -0.208 e. The van der Waals surface area contributed by atoms with Crippen LogP contribution in [0, 0.1) is 0 Å². The van der Waals surface area contributed by atoms with Crippen LogP contribution in [0.25, 0.3) is 56.4 Å². The first-order valence-electron chi connectivity index (χ1n) is 12.1. The van der Waals surface area contributed by atoms with Crippen molar-refractivity contribution in [3.8, 4) is 56.4 Å². The van der Waals surface area contributed by atoms with Gasteiger partial charge >= 0.3 is 0 Å². The van der Waals surface area contributed by atoms with Gasteiger partial charge in [0.2, 0.25) is 0 Å². The van der Waals surface area contributed by atoms with Crippen LogP contribution in [0.5, 0.6) is 0 Å². The second-order valence-electron chi connectivity index (χ2n) is 8.64. The molecule has 0 saturated carbocycles. The Kier molecular flexibility index (Phi) is 6.28. The summed E-state index contributed by atoms with van der Waals surface area (Å²) in [6, 6.07) is 44.7. The summed E-state index contributed by atoms with van der Waals surface area (Å²) in [6.07, 6.45) is 0. The van der Waals surface area contributed by atoms with Crippen molar-refractivity contribution in [2.45, 2.75) is 0 Å². The third-order valence-electron chi connectivity index (χ3n) is 6.22. The van der Waals surface area contributed by atoms with Crippen LogP contribution in [-0.4, -0.2) is 15.0 Å². The highest BCUT2D eigenvalue weighted by molar-refractivity contribution is 6.30. The van der Waals surface area contributed by atoms with E-state index in [1.807, 2.05) is 84.9 Å². The lowest BCUT2D eigenvalue weighted by atomic mass is 9.98. The Balaban J connectivity index is 1.60. The van der Waals surface area contributed by atoms with Gasteiger partial charge in [-0.05, 0) is 34.4 Å². The Labute approximate surface area is 221 Å². The molecule has 6 aromatic rings. The predicted octanol–water partition coefficient (Wildman–Crippen LogP) is 8.86. The van der Waals surface area contributed by atoms with Crippen molar-refractivity contribution >= 4 is 11.6 Å². The molecule has 3 nitrogen and oxygen atoms in total. The van der Waals surface area contributed by atoms with E-state index in [0.717, 1.165) is 38.9 Å². The highest BCUT2D eigenvalue weighted by atomic mass is 35.5. The molecule has 6 rings (SSSR count). The van der Waals surface area contributed by atoms with E-state index in [1.165, 1.54) is 0 Å². The molecular formula is C33H22ClN3. The molecule has 37 heavy (non-hydrogen) atoms. The summed E-state index contributed by atoms with van der Waals surface area (Å²) in [5.74, 6) is 1.80. The summed E-state index contributed by atoms with van der Waals surface area (Å²) in [4.78, 5) is 14.9. The van der Waals surface area contributed by atoms with Crippen LogP contribution < -0.4 is 0 Å². The Morgan fingerprint density at radius 3 is 1.24 bits per heavy atom. The van der Waals surface area contributed by atoms with Crippen LogP contribution in [-0.2, 0) is 0 Å². The highest BCUT2D eigenvalue weighted by Gasteiger charge is 2.17. The van der Waals surface area contributed by atoms with Gasteiger partial charge in [0.25, 0.3) is 0 Å². The molecule has 5 aromatic carbocycles. The largest absolute Gasteiger partial charge is 0.208 e. The van der Waals surface area contributed by atoms with Crippen LogP contribution in [0.1, 0.15) is 0 Å². The summed E-state index contributed by atoms with van der Waals surface area (Å²) < 4.78 is 0. The van der Waals surface area contributed by atoms with Gasteiger partial charge in [-0.15, -0.1) is 0 Å². The molecule has 0 aliphatic heterocycles. The standard InChI is InChI=1S/C33H22ClN3/c34-26-17-11-16-25(22-26)31-35-32(29-20-9-7-18-27(29)23-12-3-1-4-13-23)37-33(36-31)30-21-10-8-19-28(30)24-14-5-2-6-15-24/h1-22H. The van der Waals surface area contributed by atoms with Crippen molar-refractivity contribution in [3.05, 3.63) is 138 Å². The van der Waals surface area contributed by atoms with Crippen molar-refractivity contribution in [1.29, 1.82) is 0 Å². The first-order valence-corrected chi connectivity index (χ1v) is 12.5. The SMILES string of the molecule is Clc1cccc(-c2nc(-c3ccccc3-c3ccccc3)nc(-c3ccccc3-c3ccccc3)n2)c1. The Hall–Kier alpha value is -4.60. The van der Waals surface area contributed by atoms with E-state index in [-0.39, 0.29) is 0 Å². The lowest BCUT2D eigenvalue weighted by Gasteiger charge is -2.14. The zero-order chi connectivity index (χ0) is 25.0. The number of benzene rings is 5. The number of aromatic nitrogens is 3. The molecule has 4 heteroatoms. The minimum atomic E-state index is 0.577. The fourth-order valence-electron chi connectivity index (χ4n) is 4.47. The average Bonchev–Trinajstić information content (AvgIpc) is 2.98. The van der Waals surface area contributed by atoms with Crippen LogP contribution in [0.2, 0.25) is 5.02 Å². The van der Waals surface area contributed by atoms with Gasteiger partial charge in [0.1, 0.15) is 0 Å². The smallest absolute Gasteiger partial charge is 0.164 e. The topological polar surface area (TPSA) is 38.7 Å². The van der Waals surface area contributed by atoms with E-state index in [4.69, 9.17) is 26.6 Å². The number of halogens is 1. The monoisotopic (exact) mass is 495 g/mol. The molecule has 0 fully saturated rings. The zero-order valence-corrected chi connectivity index (χ0v) is 20.7. The molecule has 0 atom stereocenters. The molecule has 0 bridgehead atoms. The van der Waals surface area contributed by atoms with Crippen LogP contribution in [0.15, 0.2) is 133 Å². The third kappa shape index (κ3) is 4.77. The molecule has 1 aromatic heterocycles. The number of rotatable bonds is 5. The molecule has 0 radical (unpaired) electrons. The maximum absolute atomic E-state index is 6.35. The van der Waals surface area contributed by atoms with Gasteiger partial charge in [0, 0.05) is 21.7 Å². The van der Waals surface area contributed by atoms with E-state index < -0.39 is 0 Å². The fourth-order valence-corrected chi connectivity index (χ4v) is 4.66. The Morgan fingerprint density at radius 2 is 0.757 bits per heavy atom. The Morgan fingerprint density at radius 1 is 0.351 bits per heavy atom. The van der Waals surface area contributed by atoms with Crippen molar-refractivity contribution in [1.82, 2.24) is 15.0 Å². The van der Waals surface area contributed by atoms with Crippen molar-refractivity contribution in [2.75, 3.05) is 0 Å². The molecule has 0 unspecified atom stereocenters. The first-order chi connectivity index (χ1) is 18.3. The second kappa shape index (κ2) is 10.2. The van der Waals surface area contributed by atoms with Gasteiger partial charge in [-0.2, -0.15) is 0 Å². The molecule has 0 amide bonds. The van der Waals surface area contributed by atoms with Crippen molar-refractivity contribution in [2.24, 2.45) is 0 Å². The van der Waals surface area contributed by atoms with Crippen molar-refractivity contribution in [3.63, 3.8) is 0 Å². The quantitative estimate of drug-likeness (QED) is 0.240. The number of hydrogen-bond donors (Lipinski definition) is 0. The zero-order valence-electron chi connectivity index (χ0n) is 19.9. The lowest BCUT2D eigenvalue weighted by molar-refractivity contribution is 1.07. The molecule has 1 heterocycles. The van der Waals surface area contributed by atoms with Gasteiger partial charge in [0.15, 0.2) is 17.5 Å². The molecule has 176 valence electrons. The molecule has 0 spiro atoms. The second-order valence-corrected chi connectivity index (χ2v) is 9.08. The van der Waals surface area contributed by atoms with Crippen LogP contribution in [0.3, 0.4) is 0 Å². The van der Waals surface area contributed by atoms with Crippen LogP contribution >= 0.6 is 11.6 Å². The molecular weight excluding hydrogens is 474 g/mol. The molecule has 0 N–H and O–H groups in total. The van der Waals surface area contributed by atoms with E-state index in [2.05, 4.69) is 48.5 Å². The predicted molar refractivity (Wildman–Crippen MR) is 152 cm³/mol. The van der Waals surface area contributed by atoms with Gasteiger partial charge in [-0.3, -0.25) is 0 Å². The van der Waals surface area contributed by atoms with Crippen LogP contribution in [0.4, 0.5) is 0 Å². The highest BCUT2D eigenvalue weighted by Crippen LogP contribution is 2.35. The fraction of sp³-hybridized carbons (Fsp3) is 0. The maximum Gasteiger partial charge on any atom is 0.164 e. The first kappa shape index (κ1) is 22.8. The van der Waals surface area contributed by atoms with Gasteiger partial charge in [-0.1, -0.05) is 133 Å². The lowest BCUT2D eigenvalue weighted by Crippen LogP contribution is -2.02. The normalized spacial score (nSPS) is 10.8. The van der Waals surface area contributed by atoms with Crippen molar-refractivity contribution < 1.29 is 0 Å². The van der Waals surface area contributed by atoms with E-state index in [0.29, 0.717) is 22.5 Å². The molecule has 0 saturated heterocycles. The summed E-state index contributed by atoms with van der Waals surface area (Å²) in [5.41, 5.74) is 7.06. The van der Waals surface area contributed by atoms with Gasteiger partial charge in [0.05, 0.1) is 0 Å². The third-order valence-corrected chi connectivity index (χ3v) is 6.46. The number of nitrogens with zero attached hydrogens (tertiary/aromatic N) is 3. The number of hydrogen-bond acceptors (Lipinski definition) is 3. The average molecular weight is 496 g/mol. The summed E-state index contributed by atoms with van der Waals surface area (Å²) in [7, 11) is 0. The summed E-state index contributed by atoms with van der Waals surface area (Å²) in [6.45, 7) is 0. The van der Waals surface area contributed by atoms with E-state index in [9.17, 15) is 0 Å².